The molecule has 8 aliphatic rings. The van der Waals surface area contributed by atoms with Gasteiger partial charge in [0.2, 0.25) is 0 Å². The maximum atomic E-state index is 12.3. The van der Waals surface area contributed by atoms with Crippen molar-refractivity contribution < 1.29 is 58.7 Å². The molecule has 0 bridgehead atoms. The van der Waals surface area contributed by atoms with Gasteiger partial charge in [-0.2, -0.15) is 0 Å². The molecule has 4 aliphatic heterocycles. The van der Waals surface area contributed by atoms with E-state index < -0.39 is 36.3 Å². The zero-order chi connectivity index (χ0) is 38.1. The molecule has 12 nitrogen and oxygen atoms in total. The van der Waals surface area contributed by atoms with Crippen LogP contribution in [0, 0.1) is 34.5 Å². The lowest BCUT2D eigenvalue weighted by atomic mass is 9.42. The number of carbonyl (C=O) groups excluding carboxylic acids is 1. The van der Waals surface area contributed by atoms with Gasteiger partial charge in [-0.1, -0.05) is 27.7 Å². The van der Waals surface area contributed by atoms with Crippen LogP contribution in [0.5, 0.6) is 0 Å². The average Bonchev–Trinajstić information content (AvgIpc) is 3.68. The van der Waals surface area contributed by atoms with E-state index in [-0.39, 0.29) is 72.2 Å². The van der Waals surface area contributed by atoms with Gasteiger partial charge in [0.05, 0.1) is 49.3 Å². The lowest BCUT2D eigenvalue weighted by Gasteiger charge is -2.64. The maximum Gasteiger partial charge on any atom is 0.331 e. The van der Waals surface area contributed by atoms with Crippen LogP contribution >= 0.6 is 0 Å². The minimum absolute atomic E-state index is 0.0571. The fourth-order valence-electron chi connectivity index (χ4n) is 11.7. The van der Waals surface area contributed by atoms with E-state index in [4.69, 9.17) is 28.4 Å². The third kappa shape index (κ3) is 8.16. The quantitative estimate of drug-likeness (QED) is 0.201. The summed E-state index contributed by atoms with van der Waals surface area (Å²) in [6.45, 7) is 12.0. The van der Waals surface area contributed by atoms with Gasteiger partial charge in [-0.05, 0) is 112 Å². The Labute approximate surface area is 315 Å². The number of cyclic esters (lactones) is 1. The molecule has 8 rings (SSSR count). The van der Waals surface area contributed by atoms with Gasteiger partial charge >= 0.3 is 5.97 Å². The average molecular weight is 753 g/mol. The maximum absolute atomic E-state index is 12.3. The van der Waals surface area contributed by atoms with E-state index >= 15 is 0 Å². The second-order valence-corrected chi connectivity index (χ2v) is 17.4. The zero-order valence-electron chi connectivity index (χ0n) is 32.7. The van der Waals surface area contributed by atoms with Crippen molar-refractivity contribution in [1.29, 1.82) is 0 Å². The van der Waals surface area contributed by atoms with Crippen molar-refractivity contribution in [3.05, 3.63) is 11.6 Å². The van der Waals surface area contributed by atoms with Crippen LogP contribution in [0.1, 0.15) is 118 Å². The first-order chi connectivity index (χ1) is 25.3. The number of fused-ring (bicyclic) bond motifs is 5. The molecule has 16 unspecified atom stereocenters. The van der Waals surface area contributed by atoms with Crippen LogP contribution in [0.25, 0.3) is 0 Å². The zero-order valence-corrected chi connectivity index (χ0v) is 32.7. The smallest absolute Gasteiger partial charge is 0.331 e. The first kappa shape index (κ1) is 41.4. The van der Waals surface area contributed by atoms with Crippen LogP contribution in [0.3, 0.4) is 0 Å². The summed E-state index contributed by atoms with van der Waals surface area (Å²) in [5.74, 6) is 0.560. The molecular formula is C41H68O12. The summed E-state index contributed by atoms with van der Waals surface area (Å²) < 4.78 is 33.7. The largest absolute Gasteiger partial charge is 0.458 e. The number of hydrogen-bond donors (Lipinski definition) is 5. The van der Waals surface area contributed by atoms with Crippen molar-refractivity contribution in [2.75, 3.05) is 26.4 Å². The first-order valence-corrected chi connectivity index (χ1v) is 20.8. The van der Waals surface area contributed by atoms with Crippen molar-refractivity contribution in [2.24, 2.45) is 34.5 Å². The lowest BCUT2D eigenvalue weighted by Crippen LogP contribution is -2.65. The fourth-order valence-corrected chi connectivity index (χ4v) is 11.7. The topological polar surface area (TPSA) is 174 Å². The van der Waals surface area contributed by atoms with Crippen molar-refractivity contribution in [3.8, 4) is 0 Å². The number of carbonyl (C=O) groups is 1. The predicted octanol–water partition coefficient (Wildman–Crippen LogP) is 4.16. The van der Waals surface area contributed by atoms with Crippen molar-refractivity contribution in [1.82, 2.24) is 0 Å². The van der Waals surface area contributed by atoms with Crippen LogP contribution in [0.15, 0.2) is 11.6 Å². The fraction of sp³-hybridized carbons (Fsp3) is 0.927. The number of aliphatic hydroxyl groups is 5. The van der Waals surface area contributed by atoms with E-state index in [9.17, 15) is 30.3 Å². The number of ether oxygens (including phenoxy) is 6. The molecule has 0 amide bonds. The van der Waals surface area contributed by atoms with Crippen LogP contribution in [-0.4, -0.2) is 119 Å². The van der Waals surface area contributed by atoms with Gasteiger partial charge in [0, 0.05) is 30.9 Å². The molecule has 53 heavy (non-hydrogen) atoms. The molecule has 4 aliphatic carbocycles. The minimum atomic E-state index is -0.878. The summed E-state index contributed by atoms with van der Waals surface area (Å²) in [5, 5.41) is 53.4. The molecular weight excluding hydrogens is 684 g/mol. The molecule has 0 aromatic heterocycles. The monoisotopic (exact) mass is 752 g/mol. The Morgan fingerprint density at radius 2 is 1.60 bits per heavy atom. The molecule has 5 N–H and O–H groups in total. The summed E-state index contributed by atoms with van der Waals surface area (Å²) in [6.07, 6.45) is 8.89. The van der Waals surface area contributed by atoms with Crippen LogP contribution in [0.4, 0.5) is 0 Å². The van der Waals surface area contributed by atoms with E-state index in [1.165, 1.54) is 0 Å². The Morgan fingerprint density at radius 3 is 2.30 bits per heavy atom. The van der Waals surface area contributed by atoms with E-state index in [1.807, 2.05) is 13.8 Å². The van der Waals surface area contributed by atoms with Crippen molar-refractivity contribution in [2.45, 2.75) is 179 Å². The lowest BCUT2D eigenvalue weighted by molar-refractivity contribution is -0.265. The molecule has 16 atom stereocenters. The molecule has 4 saturated carbocycles. The molecule has 7 fully saturated rings. The SMILES string of the molecule is CC.CC12C(O)CC(OC3CC(O)C(O)CO3)CC1CCC1C2CCC2(C)C(C3=CC(=O)OC3)CCC12O.CC1CCCC(OC2COCCC2O)O1. The highest BCUT2D eigenvalue weighted by Gasteiger charge is 2.69. The predicted molar refractivity (Wildman–Crippen MR) is 194 cm³/mol. The molecule has 12 heteroatoms. The molecule has 0 radical (unpaired) electrons. The minimum Gasteiger partial charge on any atom is -0.458 e. The second-order valence-electron chi connectivity index (χ2n) is 17.4. The van der Waals surface area contributed by atoms with Gasteiger partial charge in [-0.25, -0.2) is 4.79 Å². The van der Waals surface area contributed by atoms with Crippen molar-refractivity contribution in [3.63, 3.8) is 0 Å². The van der Waals surface area contributed by atoms with Gasteiger partial charge in [-0.15, -0.1) is 0 Å². The normalized spacial score (nSPS) is 49.4. The van der Waals surface area contributed by atoms with Gasteiger partial charge in [0.25, 0.3) is 0 Å². The molecule has 3 saturated heterocycles. The van der Waals surface area contributed by atoms with E-state index in [2.05, 4.69) is 20.8 Å². The number of aliphatic hydroxyl groups excluding tert-OH is 4. The van der Waals surface area contributed by atoms with Gasteiger partial charge < -0.3 is 54.0 Å². The van der Waals surface area contributed by atoms with Gasteiger partial charge in [-0.3, -0.25) is 0 Å². The molecule has 0 aromatic carbocycles. The Bertz CT molecular complexity index is 1260. The Balaban J connectivity index is 0.000000236. The molecule has 304 valence electrons. The Morgan fingerprint density at radius 1 is 0.811 bits per heavy atom. The highest BCUT2D eigenvalue weighted by atomic mass is 16.7. The summed E-state index contributed by atoms with van der Waals surface area (Å²) >= 11 is 0. The highest BCUT2D eigenvalue weighted by Crippen LogP contribution is 2.70. The Hall–Kier alpha value is -1.19. The molecule has 4 heterocycles. The van der Waals surface area contributed by atoms with Crippen LogP contribution in [-0.2, 0) is 33.2 Å². The van der Waals surface area contributed by atoms with Gasteiger partial charge in [0.15, 0.2) is 12.6 Å². The van der Waals surface area contributed by atoms with Gasteiger partial charge in [0.1, 0.15) is 18.8 Å². The molecule has 0 aromatic rings. The van der Waals surface area contributed by atoms with Crippen molar-refractivity contribution >= 4 is 5.97 Å². The number of rotatable bonds is 5. The second kappa shape index (κ2) is 17.1. The van der Waals surface area contributed by atoms with Crippen LogP contribution < -0.4 is 0 Å². The standard InChI is InChI=1S/C28H42O8.C11H20O4.C2H6/c1-26-7-5-19-20(28(26,33)8-6-18(26)15-9-24(32)34-13-15)4-3-16-10-17(11-23(31)27(16,19)2)36-25-12-21(29)22(30)14-35-25;1-8-3-2-4-11(14-8)15-10-7-13-6-5-9(10)12;1-2/h9,16-23,25,29-31,33H,3-8,10-14H2,1-2H3;8-12H,2-7H2,1H3;1-2H3. The van der Waals surface area contributed by atoms with E-state index in [1.54, 1.807) is 6.08 Å². The first-order valence-electron chi connectivity index (χ1n) is 20.8. The molecule has 0 spiro atoms. The summed E-state index contributed by atoms with van der Waals surface area (Å²) in [7, 11) is 0. The highest BCUT2D eigenvalue weighted by molar-refractivity contribution is 5.85. The summed E-state index contributed by atoms with van der Waals surface area (Å²) in [4.78, 5) is 11.8. The van der Waals surface area contributed by atoms with Crippen LogP contribution in [0.2, 0.25) is 0 Å². The van der Waals surface area contributed by atoms with E-state index in [0.29, 0.717) is 38.6 Å². The number of esters is 1. The number of hydrogen-bond acceptors (Lipinski definition) is 12. The summed E-state index contributed by atoms with van der Waals surface area (Å²) in [6, 6.07) is 0. The third-order valence-electron chi connectivity index (χ3n) is 14.7. The third-order valence-corrected chi connectivity index (χ3v) is 14.7. The van der Waals surface area contributed by atoms with E-state index in [0.717, 1.165) is 69.8 Å². The summed E-state index contributed by atoms with van der Waals surface area (Å²) in [5.41, 5.74) is -0.336. The Kier molecular flexibility index (Phi) is 13.4.